The summed E-state index contributed by atoms with van der Waals surface area (Å²) in [5, 5.41) is 0. The first-order chi connectivity index (χ1) is 12.9. The van der Waals surface area contributed by atoms with Crippen LogP contribution in [0.4, 0.5) is 0 Å². The Morgan fingerprint density at radius 2 is 1.85 bits per heavy atom. The zero-order valence-corrected chi connectivity index (χ0v) is 16.9. The Balaban J connectivity index is 1.88. The lowest BCUT2D eigenvalue weighted by molar-refractivity contribution is -0.137. The smallest absolute Gasteiger partial charge is 0.249 e. The first-order valence-electron chi connectivity index (χ1n) is 9.40. The van der Waals surface area contributed by atoms with Crippen LogP contribution in [0.1, 0.15) is 25.5 Å². The van der Waals surface area contributed by atoms with Crippen molar-refractivity contribution in [2.24, 2.45) is 11.8 Å². The number of hydrogen-bond donors (Lipinski definition) is 0. The average molecular weight is 397 g/mol. The molecule has 2 heterocycles. The predicted molar refractivity (Wildman–Crippen MR) is 102 cm³/mol. The molecule has 0 saturated carbocycles. The van der Waals surface area contributed by atoms with Gasteiger partial charge in [-0.25, -0.2) is 12.7 Å². The van der Waals surface area contributed by atoms with Crippen LogP contribution in [0.15, 0.2) is 24.3 Å². The molecule has 0 bridgehead atoms. The van der Waals surface area contributed by atoms with Crippen molar-refractivity contribution in [1.29, 1.82) is 0 Å². The molecule has 0 aliphatic carbocycles. The van der Waals surface area contributed by atoms with Gasteiger partial charge >= 0.3 is 0 Å². The van der Waals surface area contributed by atoms with E-state index in [1.165, 1.54) is 0 Å². The Bertz CT molecular complexity index is 765. The van der Waals surface area contributed by atoms with Gasteiger partial charge in [0.25, 0.3) is 0 Å². The van der Waals surface area contributed by atoms with Gasteiger partial charge in [0.05, 0.1) is 18.9 Å². The van der Waals surface area contributed by atoms with Crippen LogP contribution in [0.2, 0.25) is 0 Å². The monoisotopic (exact) mass is 396 g/mol. The summed E-state index contributed by atoms with van der Waals surface area (Å²) in [5.74, 6) is 1.04. The van der Waals surface area contributed by atoms with Crippen LogP contribution in [-0.2, 0) is 19.6 Å². The second-order valence-corrected chi connectivity index (χ2v) is 9.30. The Kier molecular flexibility index (Phi) is 6.08. The van der Waals surface area contributed by atoms with Gasteiger partial charge in [-0.3, -0.25) is 4.79 Å². The van der Waals surface area contributed by atoms with E-state index in [1.807, 2.05) is 36.1 Å². The summed E-state index contributed by atoms with van der Waals surface area (Å²) in [6, 6.07) is 7.53. The fourth-order valence-electron chi connectivity index (χ4n) is 4.17. The van der Waals surface area contributed by atoms with Crippen molar-refractivity contribution in [2.75, 3.05) is 45.7 Å². The van der Waals surface area contributed by atoms with Crippen molar-refractivity contribution in [3.8, 4) is 5.75 Å². The Morgan fingerprint density at radius 1 is 1.15 bits per heavy atom. The lowest BCUT2D eigenvalue weighted by atomic mass is 9.89. The highest BCUT2D eigenvalue weighted by Crippen LogP contribution is 2.45. The topological polar surface area (TPSA) is 76.2 Å². The summed E-state index contributed by atoms with van der Waals surface area (Å²) in [5.41, 5.74) is 1.00. The van der Waals surface area contributed by atoms with E-state index in [0.717, 1.165) is 11.3 Å². The number of likely N-dealkylation sites (tertiary alicyclic amines) is 1. The van der Waals surface area contributed by atoms with Crippen molar-refractivity contribution in [1.82, 2.24) is 9.21 Å². The Morgan fingerprint density at radius 3 is 2.44 bits per heavy atom. The molecule has 2 saturated heterocycles. The number of amides is 1. The third kappa shape index (κ3) is 3.97. The van der Waals surface area contributed by atoms with Crippen molar-refractivity contribution in [3.05, 3.63) is 29.8 Å². The van der Waals surface area contributed by atoms with E-state index < -0.39 is 10.0 Å². The van der Waals surface area contributed by atoms with Gasteiger partial charge in [-0.1, -0.05) is 12.1 Å². The van der Waals surface area contributed by atoms with Crippen LogP contribution in [0, 0.1) is 11.8 Å². The average Bonchev–Trinajstić information content (AvgIpc) is 3.24. The number of hydrogen-bond acceptors (Lipinski definition) is 5. The highest BCUT2D eigenvalue weighted by molar-refractivity contribution is 7.89. The number of ether oxygens (including phenoxy) is 2. The van der Waals surface area contributed by atoms with Gasteiger partial charge in [0.2, 0.25) is 15.9 Å². The van der Waals surface area contributed by atoms with E-state index in [-0.39, 0.29) is 36.1 Å². The highest BCUT2D eigenvalue weighted by Gasteiger charge is 2.51. The van der Waals surface area contributed by atoms with Crippen LogP contribution >= 0.6 is 0 Å². The molecule has 0 radical (unpaired) electrons. The zero-order chi connectivity index (χ0) is 19.6. The molecule has 8 heteroatoms. The van der Waals surface area contributed by atoms with E-state index >= 15 is 0 Å². The summed E-state index contributed by atoms with van der Waals surface area (Å²) >= 11 is 0. The van der Waals surface area contributed by atoms with Gasteiger partial charge in [-0.2, -0.15) is 0 Å². The minimum atomic E-state index is -3.22. The number of nitrogens with zero attached hydrogens (tertiary/aromatic N) is 2. The SMILES string of the molecule is CCOCC(=O)N1C[C@@H]2CN(S(=O)(=O)CC)C[C@@H]2[C@@H]1c1ccc(OC)cc1. The molecule has 27 heavy (non-hydrogen) atoms. The van der Waals surface area contributed by atoms with E-state index in [9.17, 15) is 13.2 Å². The summed E-state index contributed by atoms with van der Waals surface area (Å²) in [6.07, 6.45) is 0. The summed E-state index contributed by atoms with van der Waals surface area (Å²) in [7, 11) is -1.61. The summed E-state index contributed by atoms with van der Waals surface area (Å²) in [6.45, 7) is 5.56. The summed E-state index contributed by atoms with van der Waals surface area (Å²) in [4.78, 5) is 14.6. The molecule has 1 aromatic rings. The first kappa shape index (κ1) is 20.1. The maximum absolute atomic E-state index is 12.7. The molecule has 2 aliphatic heterocycles. The molecular weight excluding hydrogens is 368 g/mol. The van der Waals surface area contributed by atoms with E-state index in [0.29, 0.717) is 26.2 Å². The number of carbonyl (C=O) groups is 1. The lowest BCUT2D eigenvalue weighted by Gasteiger charge is -2.30. The van der Waals surface area contributed by atoms with Crippen molar-refractivity contribution < 1.29 is 22.7 Å². The van der Waals surface area contributed by atoms with Gasteiger partial charge in [0, 0.05) is 32.2 Å². The predicted octanol–water partition coefficient (Wildman–Crippen LogP) is 1.51. The molecule has 0 spiro atoms. The Labute approximate surface area is 161 Å². The molecule has 0 aromatic heterocycles. The standard InChI is InChI=1S/C19H28N2O5S/c1-4-26-13-18(22)21-11-15-10-20(27(23,24)5-2)12-17(15)19(21)14-6-8-16(25-3)9-7-14/h6-9,15,17,19H,4-5,10-13H2,1-3H3/t15-,17-,19-/m0/s1. The van der Waals surface area contributed by atoms with Gasteiger partial charge in [-0.15, -0.1) is 0 Å². The number of methoxy groups -OCH3 is 1. The lowest BCUT2D eigenvalue weighted by Crippen LogP contribution is -2.39. The van der Waals surface area contributed by atoms with Crippen LogP contribution in [0.25, 0.3) is 0 Å². The van der Waals surface area contributed by atoms with Crippen molar-refractivity contribution in [3.63, 3.8) is 0 Å². The number of benzene rings is 1. The minimum absolute atomic E-state index is 0.0445. The minimum Gasteiger partial charge on any atom is -0.497 e. The normalized spacial score (nSPS) is 25.6. The first-order valence-corrected chi connectivity index (χ1v) is 11.0. The quantitative estimate of drug-likeness (QED) is 0.698. The number of fused-ring (bicyclic) bond motifs is 1. The fraction of sp³-hybridized carbons (Fsp3) is 0.632. The van der Waals surface area contributed by atoms with E-state index in [2.05, 4.69) is 0 Å². The third-order valence-corrected chi connectivity index (χ3v) is 7.41. The van der Waals surface area contributed by atoms with E-state index in [1.54, 1.807) is 18.3 Å². The molecule has 3 atom stereocenters. The molecule has 1 amide bonds. The fourth-order valence-corrected chi connectivity index (χ4v) is 5.35. The molecule has 3 rings (SSSR count). The largest absolute Gasteiger partial charge is 0.497 e. The molecule has 2 aliphatic rings. The maximum atomic E-state index is 12.7. The molecule has 0 unspecified atom stereocenters. The van der Waals surface area contributed by atoms with Crippen LogP contribution in [0.3, 0.4) is 0 Å². The molecule has 150 valence electrons. The van der Waals surface area contributed by atoms with Gasteiger partial charge < -0.3 is 14.4 Å². The van der Waals surface area contributed by atoms with Gasteiger partial charge in [-0.05, 0) is 37.5 Å². The highest BCUT2D eigenvalue weighted by atomic mass is 32.2. The molecule has 2 fully saturated rings. The maximum Gasteiger partial charge on any atom is 0.249 e. The van der Waals surface area contributed by atoms with Crippen LogP contribution in [-0.4, -0.2) is 69.2 Å². The zero-order valence-electron chi connectivity index (χ0n) is 16.1. The molecule has 1 aromatic carbocycles. The molecule has 0 N–H and O–H groups in total. The number of sulfonamides is 1. The van der Waals surface area contributed by atoms with Crippen LogP contribution < -0.4 is 4.74 Å². The van der Waals surface area contributed by atoms with Gasteiger partial charge in [0.1, 0.15) is 12.4 Å². The van der Waals surface area contributed by atoms with Gasteiger partial charge in [0.15, 0.2) is 0 Å². The number of rotatable bonds is 7. The number of carbonyl (C=O) groups excluding carboxylic acids is 1. The van der Waals surface area contributed by atoms with Crippen molar-refractivity contribution >= 4 is 15.9 Å². The van der Waals surface area contributed by atoms with Crippen LogP contribution in [0.5, 0.6) is 5.75 Å². The van der Waals surface area contributed by atoms with E-state index in [4.69, 9.17) is 9.47 Å². The Hall–Kier alpha value is -1.64. The second kappa shape index (κ2) is 8.16. The molecule has 7 nitrogen and oxygen atoms in total. The third-order valence-electron chi connectivity index (χ3n) is 5.60. The summed E-state index contributed by atoms with van der Waals surface area (Å²) < 4.78 is 36.8. The van der Waals surface area contributed by atoms with Crippen molar-refractivity contribution in [2.45, 2.75) is 19.9 Å². The second-order valence-electron chi connectivity index (χ2n) is 7.04. The molecular formula is C19H28N2O5S.